The number of thiophene rings is 1. The Kier molecular flexibility index (Phi) is 4.14. The second-order valence-electron chi connectivity index (χ2n) is 4.35. The van der Waals surface area contributed by atoms with Crippen molar-refractivity contribution in [1.29, 1.82) is 0 Å². The second kappa shape index (κ2) is 6.05. The topological polar surface area (TPSA) is 49.8 Å². The Hall–Kier alpha value is -1.56. The van der Waals surface area contributed by atoms with Gasteiger partial charge in [0.05, 0.1) is 5.39 Å². The molecule has 0 atom stereocenters. The molecule has 2 N–H and O–H groups in total. The van der Waals surface area contributed by atoms with Gasteiger partial charge in [0.2, 0.25) is 5.95 Å². The van der Waals surface area contributed by atoms with E-state index in [1.807, 2.05) is 18.4 Å². The van der Waals surface area contributed by atoms with Crippen molar-refractivity contribution in [2.24, 2.45) is 0 Å². The summed E-state index contributed by atoms with van der Waals surface area (Å²) in [6, 6.07) is 7.30. The van der Waals surface area contributed by atoms with Crippen LogP contribution in [-0.4, -0.2) is 16.5 Å². The quantitative estimate of drug-likeness (QED) is 0.688. The van der Waals surface area contributed by atoms with Crippen LogP contribution in [0.25, 0.3) is 10.2 Å². The molecule has 3 aromatic rings. The molecule has 7 heteroatoms. The molecule has 0 radical (unpaired) electrons. The van der Waals surface area contributed by atoms with Gasteiger partial charge >= 0.3 is 0 Å². The molecule has 0 amide bonds. The molecule has 0 saturated heterocycles. The molecule has 0 bridgehead atoms. The highest BCUT2D eigenvalue weighted by molar-refractivity contribution is 7.16. The summed E-state index contributed by atoms with van der Waals surface area (Å²) in [6.07, 6.45) is 0. The number of hydrogen-bond acceptors (Lipinski definition) is 5. The number of nitrogens with one attached hydrogen (secondary N) is 2. The van der Waals surface area contributed by atoms with Gasteiger partial charge in [-0.1, -0.05) is 23.2 Å². The van der Waals surface area contributed by atoms with Gasteiger partial charge in [-0.3, -0.25) is 0 Å². The Labute approximate surface area is 136 Å². The van der Waals surface area contributed by atoms with Crippen molar-refractivity contribution in [1.82, 2.24) is 9.97 Å². The van der Waals surface area contributed by atoms with Crippen LogP contribution in [0.1, 0.15) is 6.92 Å². The van der Waals surface area contributed by atoms with E-state index in [2.05, 4.69) is 20.6 Å². The maximum Gasteiger partial charge on any atom is 0.226 e. The van der Waals surface area contributed by atoms with E-state index in [1.54, 1.807) is 29.5 Å². The van der Waals surface area contributed by atoms with Crippen LogP contribution in [0.5, 0.6) is 0 Å². The van der Waals surface area contributed by atoms with Crippen LogP contribution in [0.3, 0.4) is 0 Å². The number of rotatable bonds is 4. The van der Waals surface area contributed by atoms with Gasteiger partial charge in [0.15, 0.2) is 0 Å². The van der Waals surface area contributed by atoms with E-state index in [0.29, 0.717) is 16.0 Å². The number of aromatic nitrogens is 2. The summed E-state index contributed by atoms with van der Waals surface area (Å²) in [4.78, 5) is 9.90. The van der Waals surface area contributed by atoms with Crippen LogP contribution < -0.4 is 10.6 Å². The van der Waals surface area contributed by atoms with Gasteiger partial charge in [0, 0.05) is 22.3 Å². The molecule has 0 unspecified atom stereocenters. The predicted molar refractivity (Wildman–Crippen MR) is 91.3 cm³/mol. The van der Waals surface area contributed by atoms with Gasteiger partial charge in [-0.2, -0.15) is 4.98 Å². The molecule has 21 heavy (non-hydrogen) atoms. The Morgan fingerprint density at radius 2 is 1.90 bits per heavy atom. The normalized spacial score (nSPS) is 10.8. The van der Waals surface area contributed by atoms with E-state index in [1.165, 1.54) is 0 Å². The smallest absolute Gasteiger partial charge is 0.226 e. The maximum atomic E-state index is 6.03. The number of halogens is 2. The molecule has 1 aromatic carbocycles. The average Bonchev–Trinajstić information content (AvgIpc) is 2.86. The minimum absolute atomic E-state index is 0.576. The second-order valence-corrected chi connectivity index (χ2v) is 6.12. The van der Waals surface area contributed by atoms with Crippen molar-refractivity contribution in [3.05, 3.63) is 39.7 Å². The zero-order chi connectivity index (χ0) is 14.8. The van der Waals surface area contributed by atoms with Crippen molar-refractivity contribution in [2.45, 2.75) is 6.92 Å². The van der Waals surface area contributed by atoms with E-state index in [0.717, 1.165) is 28.3 Å². The average molecular weight is 339 g/mol. The lowest BCUT2D eigenvalue weighted by molar-refractivity contribution is 1.11. The van der Waals surface area contributed by atoms with E-state index < -0.39 is 0 Å². The Morgan fingerprint density at radius 1 is 1.14 bits per heavy atom. The van der Waals surface area contributed by atoms with E-state index in [4.69, 9.17) is 23.2 Å². The van der Waals surface area contributed by atoms with Gasteiger partial charge in [-0.25, -0.2) is 4.98 Å². The molecule has 2 heterocycles. The largest absolute Gasteiger partial charge is 0.354 e. The summed E-state index contributed by atoms with van der Waals surface area (Å²) < 4.78 is 0. The molecule has 0 fully saturated rings. The van der Waals surface area contributed by atoms with Crippen LogP contribution in [-0.2, 0) is 0 Å². The van der Waals surface area contributed by atoms with E-state index in [-0.39, 0.29) is 0 Å². The molecule has 4 nitrogen and oxygen atoms in total. The lowest BCUT2D eigenvalue weighted by Crippen LogP contribution is -2.04. The SMILES string of the molecule is CCNc1nc(Nc2cc(Cl)cc(Cl)c2)c2ccsc2n1. The van der Waals surface area contributed by atoms with Crippen molar-refractivity contribution in [3.63, 3.8) is 0 Å². The van der Waals surface area contributed by atoms with Crippen LogP contribution in [0, 0.1) is 0 Å². The first-order chi connectivity index (χ1) is 10.2. The van der Waals surface area contributed by atoms with Gasteiger partial charge in [-0.05, 0) is 36.6 Å². The van der Waals surface area contributed by atoms with Gasteiger partial charge < -0.3 is 10.6 Å². The third-order valence-electron chi connectivity index (χ3n) is 2.79. The van der Waals surface area contributed by atoms with Gasteiger partial charge in [-0.15, -0.1) is 11.3 Å². The summed E-state index contributed by atoms with van der Waals surface area (Å²) in [7, 11) is 0. The first-order valence-electron chi connectivity index (χ1n) is 6.38. The molecule has 3 rings (SSSR count). The fourth-order valence-electron chi connectivity index (χ4n) is 1.95. The van der Waals surface area contributed by atoms with E-state index in [9.17, 15) is 0 Å². The third kappa shape index (κ3) is 3.20. The Balaban J connectivity index is 2.04. The highest BCUT2D eigenvalue weighted by Crippen LogP contribution is 2.30. The lowest BCUT2D eigenvalue weighted by atomic mass is 10.3. The highest BCUT2D eigenvalue weighted by atomic mass is 35.5. The molecular formula is C14H12Cl2N4S. The van der Waals surface area contributed by atoms with Gasteiger partial charge in [0.25, 0.3) is 0 Å². The standard InChI is InChI=1S/C14H12Cl2N4S/c1-2-17-14-19-12(11-3-4-21-13(11)20-14)18-10-6-8(15)5-9(16)7-10/h3-7H,2H2,1H3,(H2,17,18,19,20). The zero-order valence-electron chi connectivity index (χ0n) is 11.2. The number of anilines is 3. The molecule has 0 aliphatic heterocycles. The number of fused-ring (bicyclic) bond motifs is 1. The summed E-state index contributed by atoms with van der Waals surface area (Å²) >= 11 is 13.6. The first kappa shape index (κ1) is 14.4. The Bertz CT molecular complexity index is 767. The molecule has 2 aromatic heterocycles. The Morgan fingerprint density at radius 3 is 2.62 bits per heavy atom. The minimum atomic E-state index is 0.576. The van der Waals surface area contributed by atoms with Crippen molar-refractivity contribution in [2.75, 3.05) is 17.2 Å². The summed E-state index contributed by atoms with van der Waals surface area (Å²) in [5, 5.41) is 10.5. The fourth-order valence-corrected chi connectivity index (χ4v) is 3.24. The first-order valence-corrected chi connectivity index (χ1v) is 8.01. The molecule has 0 saturated carbocycles. The highest BCUT2D eigenvalue weighted by Gasteiger charge is 2.09. The van der Waals surface area contributed by atoms with Crippen LogP contribution in [0.15, 0.2) is 29.6 Å². The number of nitrogens with zero attached hydrogens (tertiary/aromatic N) is 2. The number of benzene rings is 1. The molecule has 108 valence electrons. The summed E-state index contributed by atoms with van der Waals surface area (Å²) in [5.41, 5.74) is 0.793. The molecule has 0 aliphatic rings. The predicted octanol–water partition coefficient (Wildman–Crippen LogP) is 5.17. The summed E-state index contributed by atoms with van der Waals surface area (Å²) in [5.74, 6) is 1.33. The van der Waals surface area contributed by atoms with Crippen molar-refractivity contribution < 1.29 is 0 Å². The van der Waals surface area contributed by atoms with Crippen LogP contribution >= 0.6 is 34.5 Å². The number of hydrogen-bond donors (Lipinski definition) is 2. The van der Waals surface area contributed by atoms with Crippen LogP contribution in [0.4, 0.5) is 17.5 Å². The van der Waals surface area contributed by atoms with E-state index >= 15 is 0 Å². The van der Waals surface area contributed by atoms with Crippen LogP contribution in [0.2, 0.25) is 10.0 Å². The molecular weight excluding hydrogens is 327 g/mol. The molecule has 0 aliphatic carbocycles. The fraction of sp³-hybridized carbons (Fsp3) is 0.143. The van der Waals surface area contributed by atoms with Gasteiger partial charge in [0.1, 0.15) is 10.6 Å². The third-order valence-corrected chi connectivity index (χ3v) is 4.03. The maximum absolute atomic E-state index is 6.03. The zero-order valence-corrected chi connectivity index (χ0v) is 13.5. The van der Waals surface area contributed by atoms with Crippen molar-refractivity contribution in [3.8, 4) is 0 Å². The molecule has 0 spiro atoms. The monoisotopic (exact) mass is 338 g/mol. The summed E-state index contributed by atoms with van der Waals surface area (Å²) in [6.45, 7) is 2.77. The minimum Gasteiger partial charge on any atom is -0.354 e. The lowest BCUT2D eigenvalue weighted by Gasteiger charge is -2.10. The van der Waals surface area contributed by atoms with Crippen molar-refractivity contribution >= 4 is 62.2 Å².